The quantitative estimate of drug-likeness (QED) is 0.0606. The lowest BCUT2D eigenvalue weighted by atomic mass is 9.94. The van der Waals surface area contributed by atoms with E-state index in [0.29, 0.717) is 0 Å². The molecular formula is C40H68N2O31. The third-order valence-corrected chi connectivity index (χ3v) is 13.2. The molecule has 0 saturated carbocycles. The van der Waals surface area contributed by atoms with Gasteiger partial charge in [0, 0.05) is 13.8 Å². The largest absolute Gasteiger partial charge is 0.394 e. The Hall–Kier alpha value is -2.22. The summed E-state index contributed by atoms with van der Waals surface area (Å²) in [6.07, 6.45) is -54.1. The molecule has 33 nitrogen and oxygen atoms in total. The molecule has 2 amide bonds. The number of hydrogen-bond donors (Lipinski definition) is 20. The number of amides is 2. The molecule has 0 aromatic carbocycles. The zero-order valence-electron chi connectivity index (χ0n) is 38.9. The lowest BCUT2D eigenvalue weighted by Gasteiger charge is -2.50. The van der Waals surface area contributed by atoms with Crippen LogP contribution in [0.4, 0.5) is 0 Å². The van der Waals surface area contributed by atoms with Gasteiger partial charge in [-0.1, -0.05) is 0 Å². The molecule has 6 saturated heterocycles. The van der Waals surface area contributed by atoms with E-state index < -0.39 is 236 Å². The van der Waals surface area contributed by atoms with Crippen LogP contribution in [0, 0.1) is 0 Å². The summed E-state index contributed by atoms with van der Waals surface area (Å²) in [5, 5.41) is 197. The third kappa shape index (κ3) is 13.0. The molecule has 6 aliphatic rings. The average molecular weight is 1070 g/mol. The van der Waals surface area contributed by atoms with Crippen LogP contribution in [-0.2, 0) is 61.7 Å². The van der Waals surface area contributed by atoms with Crippen LogP contribution in [0.25, 0.3) is 0 Å². The fourth-order valence-electron chi connectivity index (χ4n) is 9.20. The van der Waals surface area contributed by atoms with Crippen molar-refractivity contribution in [2.75, 3.05) is 39.6 Å². The molecule has 6 aliphatic heterocycles. The number of nitrogens with one attached hydrogen (secondary N) is 2. The summed E-state index contributed by atoms with van der Waals surface area (Å²) >= 11 is 0. The second-order valence-electron chi connectivity index (χ2n) is 18.3. The highest BCUT2D eigenvalue weighted by Crippen LogP contribution is 2.37. The Morgan fingerprint density at radius 1 is 0.356 bits per heavy atom. The molecule has 6 heterocycles. The maximum Gasteiger partial charge on any atom is 0.217 e. The maximum atomic E-state index is 12.6. The minimum Gasteiger partial charge on any atom is -0.394 e. The van der Waals surface area contributed by atoms with E-state index in [1.807, 2.05) is 0 Å². The first-order valence-electron chi connectivity index (χ1n) is 23.1. The molecule has 33 heteroatoms. The van der Waals surface area contributed by atoms with Gasteiger partial charge in [-0.2, -0.15) is 0 Å². The van der Waals surface area contributed by atoms with Crippen LogP contribution in [0.2, 0.25) is 0 Å². The van der Waals surface area contributed by atoms with Crippen LogP contribution < -0.4 is 10.6 Å². The molecule has 0 aliphatic carbocycles. The summed E-state index contributed by atoms with van der Waals surface area (Å²) < 4.78 is 62.9. The predicted molar refractivity (Wildman–Crippen MR) is 222 cm³/mol. The minimum absolute atomic E-state index is 0.758. The normalized spacial score (nSPS) is 49.8. The number of carbonyl (C=O) groups excluding carboxylic acids is 2. The number of rotatable bonds is 18. The van der Waals surface area contributed by atoms with Gasteiger partial charge in [-0.3, -0.25) is 9.59 Å². The highest BCUT2D eigenvalue weighted by atomic mass is 16.8. The highest BCUT2D eigenvalue weighted by molar-refractivity contribution is 5.73. The molecule has 0 radical (unpaired) electrons. The Kier molecular flexibility index (Phi) is 21.3. The van der Waals surface area contributed by atoms with Crippen LogP contribution in [0.5, 0.6) is 0 Å². The van der Waals surface area contributed by atoms with Gasteiger partial charge in [0.2, 0.25) is 11.8 Å². The second kappa shape index (κ2) is 26.0. The van der Waals surface area contributed by atoms with Crippen LogP contribution in [0.15, 0.2) is 0 Å². The van der Waals surface area contributed by atoms with Gasteiger partial charge >= 0.3 is 0 Å². The second-order valence-corrected chi connectivity index (χ2v) is 18.3. The number of ether oxygens (including phenoxy) is 11. The Balaban J connectivity index is 1.31. The number of hydrogen-bond acceptors (Lipinski definition) is 31. The first-order chi connectivity index (χ1) is 34.5. The van der Waals surface area contributed by atoms with E-state index in [1.165, 1.54) is 0 Å². The topological polar surface area (TPSA) is 524 Å². The summed E-state index contributed by atoms with van der Waals surface area (Å²) in [5.74, 6) is -1.62. The standard InChI is InChI=1S/C40H68N2O31/c1-9(48)41-17-23(54)31(14(6-46)64-35(17)62)71-39-30(61)33(22(53)16(69-39)8-63-37-28(59)25(56)19(50)11(3-43)65-37)72-40-34(27(58)21(52)13(5-45)67-40)73-36-18(42-10(2)49)24(55)32(15(7-47)68-36)70-38-29(60)26(57)20(51)12(4-44)66-38/h11-40,43-47,50-62H,3-8H2,1-2H3,(H,41,48)(H,42,49)/t11-,12-,13-,14-,15-,16-,17-,18-,19-,20+,21-,22-,23-,24-,25+,26+,27+,28+,29-,30+,31-,32-,33+,34+,35?,36+,37+,38+,39+,40-/m1/s1. The fourth-order valence-corrected chi connectivity index (χ4v) is 9.20. The van der Waals surface area contributed by atoms with Crippen LogP contribution in [0.3, 0.4) is 0 Å². The van der Waals surface area contributed by atoms with E-state index in [9.17, 15) is 102 Å². The van der Waals surface area contributed by atoms with Gasteiger partial charge < -0.3 is 155 Å². The van der Waals surface area contributed by atoms with Crippen molar-refractivity contribution in [2.45, 2.75) is 198 Å². The SMILES string of the molecule is CC(=O)N[C@H]1[C@H](O[C@@H]2[C@@H](O[C@@H]3[C@H](O)[C@H](O[C@H]4[C@H](O)[C@@H](NC(C)=O)C(O)O[C@@H]4CO)O[C@H](CO[C@H]4O[C@H](CO)[C@@H](O)[C@H](O)[C@@H]4O)[C@H]3O)O[C@H](CO)[C@@H](O)[C@@H]2O)O[C@H](CO)[C@@H](O[C@@H]2O[C@H](CO)[C@H](O)[C@H](O)[C@H]2O)[C@@H]1O. The maximum absolute atomic E-state index is 12.6. The predicted octanol–water partition coefficient (Wildman–Crippen LogP) is -13.8. The van der Waals surface area contributed by atoms with Crippen LogP contribution in [0.1, 0.15) is 13.8 Å². The van der Waals surface area contributed by atoms with E-state index >= 15 is 0 Å². The lowest BCUT2D eigenvalue weighted by molar-refractivity contribution is -0.396. The van der Waals surface area contributed by atoms with Gasteiger partial charge in [0.15, 0.2) is 37.7 Å². The molecule has 0 aromatic rings. The monoisotopic (exact) mass is 1070 g/mol. The Bertz CT molecular complexity index is 1750. The van der Waals surface area contributed by atoms with Gasteiger partial charge in [0.05, 0.1) is 39.6 Å². The van der Waals surface area contributed by atoms with Crippen molar-refractivity contribution >= 4 is 11.8 Å². The van der Waals surface area contributed by atoms with Gasteiger partial charge in [0.1, 0.15) is 146 Å². The fraction of sp³-hybridized carbons (Fsp3) is 0.950. The summed E-state index contributed by atoms with van der Waals surface area (Å²) in [6.45, 7) is -3.67. The zero-order valence-corrected chi connectivity index (χ0v) is 38.9. The van der Waals surface area contributed by atoms with Crippen LogP contribution >= 0.6 is 0 Å². The molecule has 30 atom stereocenters. The Labute approximate surface area is 413 Å². The number of carbonyl (C=O) groups is 2. The van der Waals surface area contributed by atoms with Crippen molar-refractivity contribution in [1.29, 1.82) is 0 Å². The smallest absolute Gasteiger partial charge is 0.217 e. The van der Waals surface area contributed by atoms with Crippen molar-refractivity contribution in [3.63, 3.8) is 0 Å². The molecule has 424 valence electrons. The summed E-state index contributed by atoms with van der Waals surface area (Å²) in [7, 11) is 0. The van der Waals surface area contributed by atoms with Crippen molar-refractivity contribution < 1.29 is 154 Å². The Morgan fingerprint density at radius 3 is 1.26 bits per heavy atom. The van der Waals surface area contributed by atoms with Crippen molar-refractivity contribution in [2.24, 2.45) is 0 Å². The van der Waals surface area contributed by atoms with E-state index in [4.69, 9.17) is 52.1 Å². The van der Waals surface area contributed by atoms with Gasteiger partial charge in [-0.15, -0.1) is 0 Å². The van der Waals surface area contributed by atoms with E-state index in [-0.39, 0.29) is 0 Å². The molecule has 1 unspecified atom stereocenters. The molecule has 0 bridgehead atoms. The van der Waals surface area contributed by atoms with Gasteiger partial charge in [-0.25, -0.2) is 0 Å². The Morgan fingerprint density at radius 2 is 0.740 bits per heavy atom. The first-order valence-corrected chi connectivity index (χ1v) is 23.1. The molecular weight excluding hydrogens is 1000 g/mol. The molecule has 73 heavy (non-hydrogen) atoms. The van der Waals surface area contributed by atoms with Gasteiger partial charge in [-0.05, 0) is 0 Å². The molecule has 20 N–H and O–H groups in total. The molecule has 6 fully saturated rings. The lowest BCUT2D eigenvalue weighted by Crippen LogP contribution is -2.70. The van der Waals surface area contributed by atoms with Crippen molar-refractivity contribution in [3.8, 4) is 0 Å². The van der Waals surface area contributed by atoms with Gasteiger partial charge in [0.25, 0.3) is 0 Å². The van der Waals surface area contributed by atoms with E-state index in [0.717, 1.165) is 13.8 Å². The van der Waals surface area contributed by atoms with E-state index in [2.05, 4.69) is 10.6 Å². The minimum atomic E-state index is -2.30. The number of aliphatic hydroxyl groups is 18. The summed E-state index contributed by atoms with van der Waals surface area (Å²) in [4.78, 5) is 24.5. The molecule has 6 rings (SSSR count). The average Bonchev–Trinajstić information content (AvgIpc) is 3.35. The molecule has 0 aromatic heterocycles. The van der Waals surface area contributed by atoms with E-state index in [1.54, 1.807) is 0 Å². The summed E-state index contributed by atoms with van der Waals surface area (Å²) in [5.41, 5.74) is 0. The number of aliphatic hydroxyl groups excluding tert-OH is 18. The van der Waals surface area contributed by atoms with Crippen molar-refractivity contribution in [3.05, 3.63) is 0 Å². The van der Waals surface area contributed by atoms with Crippen molar-refractivity contribution in [1.82, 2.24) is 10.6 Å². The molecule has 0 spiro atoms. The zero-order chi connectivity index (χ0) is 53.9. The highest BCUT2D eigenvalue weighted by Gasteiger charge is 2.58. The van der Waals surface area contributed by atoms with Crippen LogP contribution in [-0.4, -0.2) is 327 Å². The first kappa shape index (κ1) is 60.0. The summed E-state index contributed by atoms with van der Waals surface area (Å²) in [6, 6.07) is -3.42. The third-order valence-electron chi connectivity index (χ3n) is 13.2.